The molecule has 1 aromatic carbocycles. The zero-order valence-electron chi connectivity index (χ0n) is 17.0. The largest absolute Gasteiger partial charge is 0.493 e. The lowest BCUT2D eigenvalue weighted by Crippen LogP contribution is -2.28. The van der Waals surface area contributed by atoms with Crippen LogP contribution in [-0.2, 0) is 11.2 Å². The maximum Gasteiger partial charge on any atom is 0.338 e. The summed E-state index contributed by atoms with van der Waals surface area (Å²) >= 11 is 0. The number of ether oxygens (including phenoxy) is 3. The minimum absolute atomic E-state index is 0.0410. The van der Waals surface area contributed by atoms with Gasteiger partial charge in [0.1, 0.15) is 0 Å². The van der Waals surface area contributed by atoms with Gasteiger partial charge in [0.15, 0.2) is 11.5 Å². The molecule has 156 valence electrons. The molecule has 1 aliphatic carbocycles. The molecule has 0 unspecified atom stereocenters. The smallest absolute Gasteiger partial charge is 0.338 e. The number of nitrogens with one attached hydrogen (secondary N) is 2. The number of rotatable bonds is 9. The summed E-state index contributed by atoms with van der Waals surface area (Å²) in [5, 5.41) is 3.55. The average Bonchev–Trinajstić information content (AvgIpc) is 2.75. The van der Waals surface area contributed by atoms with Crippen LogP contribution in [0.4, 0.5) is 0 Å². The SMILES string of the molecule is COc1ccc(C(=O)OCCCCN[C@H]2CCCc3[nH]c(=O)ccc32)cc1OC. The van der Waals surface area contributed by atoms with E-state index in [1.54, 1.807) is 31.4 Å². The highest BCUT2D eigenvalue weighted by atomic mass is 16.5. The molecule has 0 aliphatic heterocycles. The fourth-order valence-corrected chi connectivity index (χ4v) is 3.63. The summed E-state index contributed by atoms with van der Waals surface area (Å²) in [6, 6.07) is 8.76. The third-order valence-electron chi connectivity index (χ3n) is 5.15. The number of pyridine rings is 1. The topological polar surface area (TPSA) is 89.7 Å². The van der Waals surface area contributed by atoms with E-state index in [4.69, 9.17) is 14.2 Å². The number of carbonyl (C=O) groups is 1. The van der Waals surface area contributed by atoms with Crippen molar-refractivity contribution >= 4 is 5.97 Å². The van der Waals surface area contributed by atoms with Crippen molar-refractivity contribution in [1.82, 2.24) is 10.3 Å². The Bertz CT molecular complexity index is 893. The summed E-state index contributed by atoms with van der Waals surface area (Å²) < 4.78 is 15.7. The third kappa shape index (κ3) is 5.38. The van der Waals surface area contributed by atoms with Crippen LogP contribution in [0.2, 0.25) is 0 Å². The molecule has 0 saturated carbocycles. The molecule has 2 aromatic rings. The molecular formula is C22H28N2O5. The predicted molar refractivity (Wildman–Crippen MR) is 110 cm³/mol. The number of fused-ring (bicyclic) bond motifs is 1. The minimum Gasteiger partial charge on any atom is -0.493 e. The van der Waals surface area contributed by atoms with Gasteiger partial charge in [-0.15, -0.1) is 0 Å². The van der Waals surface area contributed by atoms with Crippen molar-refractivity contribution in [3.63, 3.8) is 0 Å². The molecule has 0 bridgehead atoms. The zero-order chi connectivity index (χ0) is 20.6. The fourth-order valence-electron chi connectivity index (χ4n) is 3.63. The molecule has 0 saturated heterocycles. The van der Waals surface area contributed by atoms with Gasteiger partial charge in [0.05, 0.1) is 26.4 Å². The fraction of sp³-hybridized carbons (Fsp3) is 0.455. The van der Waals surface area contributed by atoms with Gasteiger partial charge in [-0.2, -0.15) is 0 Å². The molecule has 1 aliphatic rings. The molecule has 0 spiro atoms. The van der Waals surface area contributed by atoms with E-state index in [0.29, 0.717) is 23.7 Å². The second-order valence-corrected chi connectivity index (χ2v) is 7.07. The van der Waals surface area contributed by atoms with Gasteiger partial charge in [0.2, 0.25) is 5.56 Å². The summed E-state index contributed by atoms with van der Waals surface area (Å²) in [5.74, 6) is 0.702. The monoisotopic (exact) mass is 400 g/mol. The Hall–Kier alpha value is -2.80. The Labute approximate surface area is 170 Å². The Morgan fingerprint density at radius 1 is 1.14 bits per heavy atom. The highest BCUT2D eigenvalue weighted by Gasteiger charge is 2.20. The highest BCUT2D eigenvalue weighted by Crippen LogP contribution is 2.28. The van der Waals surface area contributed by atoms with Crippen LogP contribution >= 0.6 is 0 Å². The lowest BCUT2D eigenvalue weighted by Gasteiger charge is -2.26. The number of H-pyrrole nitrogens is 1. The highest BCUT2D eigenvalue weighted by molar-refractivity contribution is 5.90. The molecule has 3 rings (SSSR count). The van der Waals surface area contributed by atoms with Crippen LogP contribution in [0, 0.1) is 0 Å². The lowest BCUT2D eigenvalue weighted by atomic mass is 9.91. The second-order valence-electron chi connectivity index (χ2n) is 7.07. The number of aryl methyl sites for hydroxylation is 1. The molecule has 2 N–H and O–H groups in total. The Kier molecular flexibility index (Phi) is 7.30. The first-order chi connectivity index (χ1) is 14.1. The van der Waals surface area contributed by atoms with E-state index in [9.17, 15) is 9.59 Å². The van der Waals surface area contributed by atoms with Gasteiger partial charge in [0.25, 0.3) is 0 Å². The van der Waals surface area contributed by atoms with Crippen LogP contribution < -0.4 is 20.3 Å². The predicted octanol–water partition coefficient (Wildman–Crippen LogP) is 3.00. The van der Waals surface area contributed by atoms with Crippen LogP contribution in [0.5, 0.6) is 11.5 Å². The van der Waals surface area contributed by atoms with Crippen LogP contribution in [0.15, 0.2) is 35.1 Å². The number of hydrogen-bond donors (Lipinski definition) is 2. The molecule has 0 fully saturated rings. The van der Waals surface area contributed by atoms with E-state index in [0.717, 1.165) is 44.3 Å². The normalized spacial score (nSPS) is 15.4. The number of benzene rings is 1. The van der Waals surface area contributed by atoms with Crippen molar-refractivity contribution in [3.05, 3.63) is 57.5 Å². The molecule has 0 radical (unpaired) electrons. The number of aromatic nitrogens is 1. The van der Waals surface area contributed by atoms with Crippen LogP contribution in [0.25, 0.3) is 0 Å². The molecule has 1 heterocycles. The molecular weight excluding hydrogens is 372 g/mol. The number of esters is 1. The van der Waals surface area contributed by atoms with E-state index < -0.39 is 0 Å². The summed E-state index contributed by atoms with van der Waals surface area (Å²) in [5.41, 5.74) is 2.63. The minimum atomic E-state index is -0.371. The van der Waals surface area contributed by atoms with Crippen molar-refractivity contribution in [2.45, 2.75) is 38.1 Å². The maximum atomic E-state index is 12.2. The molecule has 1 atom stereocenters. The van der Waals surface area contributed by atoms with Crippen molar-refractivity contribution in [2.24, 2.45) is 0 Å². The Balaban J connectivity index is 1.40. The Morgan fingerprint density at radius 2 is 1.97 bits per heavy atom. The van der Waals surface area contributed by atoms with E-state index in [-0.39, 0.29) is 17.6 Å². The van der Waals surface area contributed by atoms with E-state index in [1.165, 1.54) is 12.7 Å². The van der Waals surface area contributed by atoms with Gasteiger partial charge in [-0.1, -0.05) is 6.07 Å². The second kappa shape index (κ2) is 10.1. The van der Waals surface area contributed by atoms with Gasteiger partial charge >= 0.3 is 5.97 Å². The van der Waals surface area contributed by atoms with Crippen LogP contribution in [-0.4, -0.2) is 38.3 Å². The van der Waals surface area contributed by atoms with Crippen molar-refractivity contribution in [1.29, 1.82) is 0 Å². The molecule has 7 nitrogen and oxygen atoms in total. The zero-order valence-corrected chi connectivity index (χ0v) is 17.0. The number of hydrogen-bond acceptors (Lipinski definition) is 6. The number of aromatic amines is 1. The first kappa shape index (κ1) is 20.9. The van der Waals surface area contributed by atoms with Crippen molar-refractivity contribution in [2.75, 3.05) is 27.4 Å². The van der Waals surface area contributed by atoms with Gasteiger partial charge in [0, 0.05) is 17.8 Å². The van der Waals surface area contributed by atoms with Gasteiger partial charge < -0.3 is 24.5 Å². The van der Waals surface area contributed by atoms with Crippen LogP contribution in [0.3, 0.4) is 0 Å². The van der Waals surface area contributed by atoms with E-state index in [2.05, 4.69) is 10.3 Å². The van der Waals surface area contributed by atoms with E-state index in [1.807, 2.05) is 6.07 Å². The third-order valence-corrected chi connectivity index (χ3v) is 5.15. The standard InChI is InChI=1S/C22H28N2O5/c1-27-19-10-8-15(14-20(19)28-2)22(26)29-13-4-3-12-23-17-6-5-7-18-16(17)9-11-21(25)24-18/h8-11,14,17,23H,3-7,12-13H2,1-2H3,(H,24,25)/t17-/m0/s1. The maximum absolute atomic E-state index is 12.2. The summed E-state index contributed by atoms with van der Waals surface area (Å²) in [7, 11) is 3.08. The lowest BCUT2D eigenvalue weighted by molar-refractivity contribution is 0.0497. The first-order valence-corrected chi connectivity index (χ1v) is 9.97. The molecule has 1 aromatic heterocycles. The summed E-state index contributed by atoms with van der Waals surface area (Å²) in [4.78, 5) is 26.6. The van der Waals surface area contributed by atoms with Gasteiger partial charge in [-0.25, -0.2) is 4.79 Å². The first-order valence-electron chi connectivity index (χ1n) is 9.97. The number of unbranched alkanes of at least 4 members (excludes halogenated alkanes) is 1. The Morgan fingerprint density at radius 3 is 2.76 bits per heavy atom. The number of methoxy groups -OCH3 is 2. The molecule has 29 heavy (non-hydrogen) atoms. The van der Waals surface area contributed by atoms with E-state index >= 15 is 0 Å². The van der Waals surface area contributed by atoms with Gasteiger partial charge in [-0.3, -0.25) is 4.79 Å². The average molecular weight is 400 g/mol. The van der Waals surface area contributed by atoms with Crippen LogP contribution in [0.1, 0.15) is 53.3 Å². The summed E-state index contributed by atoms with van der Waals surface area (Å²) in [6.45, 7) is 1.20. The van der Waals surface area contributed by atoms with Crippen molar-refractivity contribution < 1.29 is 19.0 Å². The molecule has 0 amide bonds. The number of carbonyl (C=O) groups excluding carboxylic acids is 1. The summed E-state index contributed by atoms with van der Waals surface area (Å²) in [6.07, 6.45) is 4.72. The quantitative estimate of drug-likeness (QED) is 0.497. The molecule has 7 heteroatoms. The van der Waals surface area contributed by atoms with Gasteiger partial charge in [-0.05, 0) is 62.4 Å². The van der Waals surface area contributed by atoms with Crippen molar-refractivity contribution in [3.8, 4) is 11.5 Å².